The van der Waals surface area contributed by atoms with E-state index in [2.05, 4.69) is 49.9 Å². The zero-order valence-corrected chi connectivity index (χ0v) is 19.8. The molecular weight excluding hydrogens is 402 g/mol. The first-order chi connectivity index (χ1) is 15.4. The summed E-state index contributed by atoms with van der Waals surface area (Å²) >= 11 is 0. The molecule has 1 atom stereocenters. The van der Waals surface area contributed by atoms with Crippen LogP contribution in [-0.2, 0) is 20.1 Å². The highest BCUT2D eigenvalue weighted by atomic mass is 16.2. The lowest BCUT2D eigenvalue weighted by molar-refractivity contribution is 0.457. The van der Waals surface area contributed by atoms with Crippen LogP contribution in [0.1, 0.15) is 57.9 Å². The summed E-state index contributed by atoms with van der Waals surface area (Å²) in [6.07, 6.45) is 6.70. The van der Waals surface area contributed by atoms with Crippen LogP contribution in [0.15, 0.2) is 33.9 Å². The molecule has 0 saturated heterocycles. The van der Waals surface area contributed by atoms with Crippen LogP contribution < -0.4 is 16.1 Å². The van der Waals surface area contributed by atoms with Crippen molar-refractivity contribution in [2.24, 2.45) is 13.0 Å². The average molecular weight is 438 g/mol. The van der Waals surface area contributed by atoms with E-state index >= 15 is 0 Å². The number of anilines is 2. The van der Waals surface area contributed by atoms with Crippen LogP contribution in [0.5, 0.6) is 0 Å². The van der Waals surface area contributed by atoms with Crippen molar-refractivity contribution in [1.82, 2.24) is 18.7 Å². The molecule has 7 heteroatoms. The number of fused-ring (bicyclic) bond motifs is 3. The third-order valence-corrected chi connectivity index (χ3v) is 6.52. The molecule has 1 aromatic carbocycles. The summed E-state index contributed by atoms with van der Waals surface area (Å²) in [5.41, 5.74) is 2.77. The van der Waals surface area contributed by atoms with Gasteiger partial charge >= 0.3 is 5.69 Å². The Hall–Kier alpha value is -2.83. The molecule has 172 valence electrons. The van der Waals surface area contributed by atoms with Crippen molar-refractivity contribution in [3.63, 3.8) is 0 Å². The fourth-order valence-electron chi connectivity index (χ4n) is 4.69. The van der Waals surface area contributed by atoms with Gasteiger partial charge in [0.05, 0.1) is 0 Å². The highest BCUT2D eigenvalue weighted by molar-refractivity contribution is 5.77. The smallest absolute Gasteiger partial charge is 0.312 e. The fraction of sp³-hybridized carbons (Fsp3) is 0.560. The molecule has 0 N–H and O–H groups in total. The maximum Gasteiger partial charge on any atom is 0.332 e. The molecule has 3 aromatic rings. The first-order valence-corrected chi connectivity index (χ1v) is 12.0. The number of aromatic nitrogens is 4. The third-order valence-electron chi connectivity index (χ3n) is 6.52. The van der Waals surface area contributed by atoms with Gasteiger partial charge in [-0.2, -0.15) is 4.98 Å². The van der Waals surface area contributed by atoms with E-state index in [0.29, 0.717) is 23.6 Å². The summed E-state index contributed by atoms with van der Waals surface area (Å²) in [7, 11) is 1.72. The van der Waals surface area contributed by atoms with Crippen LogP contribution in [-0.4, -0.2) is 25.2 Å². The molecule has 0 radical (unpaired) electrons. The molecular formula is C25H35N5O2. The molecule has 1 aliphatic heterocycles. The lowest BCUT2D eigenvalue weighted by Crippen LogP contribution is -2.40. The van der Waals surface area contributed by atoms with Gasteiger partial charge in [0, 0.05) is 32.4 Å². The first-order valence-electron chi connectivity index (χ1n) is 12.0. The normalized spacial score (nSPS) is 16.0. The minimum atomic E-state index is -0.276. The van der Waals surface area contributed by atoms with Gasteiger partial charge in [-0.1, -0.05) is 63.6 Å². The standard InChI is InChI=1S/C25H35N5O2/c1-5-6-7-8-9-10-15-28-23(31)21-22(27(4)25(28)32)26-24-29(16-19(3)17-30(21)24)20-13-11-18(2)12-14-20/h11-14,19H,5-10,15-17H2,1-4H3/t19-/m0/s1. The Labute approximate surface area is 189 Å². The Bertz CT molecular complexity index is 1200. The van der Waals surface area contributed by atoms with Crippen molar-refractivity contribution < 1.29 is 0 Å². The molecule has 0 fully saturated rings. The predicted molar refractivity (Wildman–Crippen MR) is 130 cm³/mol. The number of unbranched alkanes of at least 4 members (excludes halogenated alkanes) is 5. The summed E-state index contributed by atoms with van der Waals surface area (Å²) in [6.45, 7) is 8.47. The largest absolute Gasteiger partial charge is 0.332 e. The summed E-state index contributed by atoms with van der Waals surface area (Å²) in [5.74, 6) is 1.09. The van der Waals surface area contributed by atoms with Crippen molar-refractivity contribution in [1.29, 1.82) is 0 Å². The van der Waals surface area contributed by atoms with Gasteiger partial charge in [0.2, 0.25) is 5.95 Å². The Kier molecular flexibility index (Phi) is 6.53. The molecule has 0 amide bonds. The zero-order chi connectivity index (χ0) is 22.8. The van der Waals surface area contributed by atoms with Crippen LogP contribution in [0, 0.1) is 12.8 Å². The molecule has 3 heterocycles. The number of imidazole rings is 1. The van der Waals surface area contributed by atoms with Gasteiger partial charge in [0.15, 0.2) is 11.2 Å². The molecule has 0 unspecified atom stereocenters. The van der Waals surface area contributed by atoms with Crippen molar-refractivity contribution in [2.75, 3.05) is 11.4 Å². The lowest BCUT2D eigenvalue weighted by Gasteiger charge is -2.33. The molecule has 32 heavy (non-hydrogen) atoms. The average Bonchev–Trinajstić information content (AvgIpc) is 3.16. The summed E-state index contributed by atoms with van der Waals surface area (Å²) in [6, 6.07) is 8.36. The second-order valence-corrected chi connectivity index (χ2v) is 9.31. The van der Waals surface area contributed by atoms with E-state index in [1.165, 1.54) is 34.0 Å². The van der Waals surface area contributed by atoms with Gasteiger partial charge in [-0.05, 0) is 31.4 Å². The topological polar surface area (TPSA) is 65.1 Å². The number of benzene rings is 1. The van der Waals surface area contributed by atoms with E-state index in [9.17, 15) is 9.59 Å². The van der Waals surface area contributed by atoms with E-state index < -0.39 is 0 Å². The number of nitrogens with zero attached hydrogens (tertiary/aromatic N) is 5. The van der Waals surface area contributed by atoms with Gasteiger partial charge in [0.1, 0.15) is 0 Å². The van der Waals surface area contributed by atoms with Crippen LogP contribution in [0.4, 0.5) is 11.6 Å². The highest BCUT2D eigenvalue weighted by Gasteiger charge is 2.29. The SMILES string of the molecule is CCCCCCCCn1c(=O)c2c(nc3n2C[C@@H](C)CN3c2ccc(C)cc2)n(C)c1=O. The monoisotopic (exact) mass is 437 g/mol. The molecule has 4 rings (SSSR count). The molecule has 1 aliphatic rings. The summed E-state index contributed by atoms with van der Waals surface area (Å²) < 4.78 is 4.96. The first kappa shape index (κ1) is 22.4. The van der Waals surface area contributed by atoms with Gasteiger partial charge in [-0.25, -0.2) is 4.79 Å². The van der Waals surface area contributed by atoms with Crippen LogP contribution in [0.25, 0.3) is 11.2 Å². The van der Waals surface area contributed by atoms with Gasteiger partial charge in [0.25, 0.3) is 5.56 Å². The minimum Gasteiger partial charge on any atom is -0.312 e. The van der Waals surface area contributed by atoms with Crippen molar-refractivity contribution in [2.45, 2.75) is 72.4 Å². The quantitative estimate of drug-likeness (QED) is 0.492. The van der Waals surface area contributed by atoms with Crippen molar-refractivity contribution >= 4 is 22.8 Å². The Balaban J connectivity index is 1.73. The molecule has 0 aliphatic carbocycles. The van der Waals surface area contributed by atoms with Gasteiger partial charge in [-0.3, -0.25) is 13.9 Å². The number of hydrogen-bond donors (Lipinski definition) is 0. The minimum absolute atomic E-state index is 0.214. The zero-order valence-electron chi connectivity index (χ0n) is 19.8. The van der Waals surface area contributed by atoms with Crippen LogP contribution in [0.2, 0.25) is 0 Å². The summed E-state index contributed by atoms with van der Waals surface area (Å²) in [4.78, 5) is 33.4. The molecule has 0 saturated carbocycles. The summed E-state index contributed by atoms with van der Waals surface area (Å²) in [5, 5.41) is 0. The van der Waals surface area contributed by atoms with Crippen molar-refractivity contribution in [3.8, 4) is 0 Å². The maximum absolute atomic E-state index is 13.5. The Morgan fingerprint density at radius 3 is 2.41 bits per heavy atom. The van der Waals surface area contributed by atoms with Crippen LogP contribution >= 0.6 is 0 Å². The highest BCUT2D eigenvalue weighted by Crippen LogP contribution is 2.32. The number of rotatable bonds is 8. The Morgan fingerprint density at radius 2 is 1.69 bits per heavy atom. The number of hydrogen-bond acceptors (Lipinski definition) is 4. The second kappa shape index (κ2) is 9.35. The second-order valence-electron chi connectivity index (χ2n) is 9.31. The Morgan fingerprint density at radius 1 is 1.00 bits per heavy atom. The van der Waals surface area contributed by atoms with Crippen LogP contribution in [0.3, 0.4) is 0 Å². The lowest BCUT2D eigenvalue weighted by atomic mass is 10.1. The molecule has 7 nitrogen and oxygen atoms in total. The predicted octanol–water partition coefficient (Wildman–Crippen LogP) is 4.35. The van der Waals surface area contributed by atoms with E-state index in [1.54, 1.807) is 7.05 Å². The van der Waals surface area contributed by atoms with E-state index in [4.69, 9.17) is 4.98 Å². The molecule has 2 aromatic heterocycles. The van der Waals surface area contributed by atoms with E-state index in [-0.39, 0.29) is 11.2 Å². The fourth-order valence-corrected chi connectivity index (χ4v) is 4.69. The van der Waals surface area contributed by atoms with E-state index in [1.807, 2.05) is 4.57 Å². The van der Waals surface area contributed by atoms with Gasteiger partial charge < -0.3 is 9.47 Å². The maximum atomic E-state index is 13.5. The van der Waals surface area contributed by atoms with Gasteiger partial charge in [-0.15, -0.1) is 0 Å². The molecule has 0 spiro atoms. The van der Waals surface area contributed by atoms with Crippen molar-refractivity contribution in [3.05, 3.63) is 50.7 Å². The van der Waals surface area contributed by atoms with E-state index in [0.717, 1.165) is 44.0 Å². The third kappa shape index (κ3) is 4.12. The molecule has 0 bridgehead atoms. The number of aryl methyl sites for hydroxylation is 2.